The van der Waals surface area contributed by atoms with Gasteiger partial charge in [0.15, 0.2) is 6.61 Å². The van der Waals surface area contributed by atoms with Crippen molar-refractivity contribution in [2.45, 2.75) is 25.2 Å². The van der Waals surface area contributed by atoms with E-state index in [1.54, 1.807) is 4.90 Å². The summed E-state index contributed by atoms with van der Waals surface area (Å²) in [6, 6.07) is 3.79. The van der Waals surface area contributed by atoms with Crippen molar-refractivity contribution in [3.63, 3.8) is 0 Å². The molecule has 0 unspecified atom stereocenters. The molecule has 0 aromatic heterocycles. The molecule has 7 nitrogen and oxygen atoms in total. The van der Waals surface area contributed by atoms with Crippen LogP contribution in [0.3, 0.4) is 0 Å². The Labute approximate surface area is 158 Å². The summed E-state index contributed by atoms with van der Waals surface area (Å²) in [6.07, 6.45) is 1.07. The van der Waals surface area contributed by atoms with Crippen LogP contribution in [-0.2, 0) is 19.6 Å². The van der Waals surface area contributed by atoms with Crippen molar-refractivity contribution in [3.8, 4) is 0 Å². The van der Waals surface area contributed by atoms with Gasteiger partial charge >= 0.3 is 5.97 Å². The largest absolute Gasteiger partial charge is 0.452 e. The number of rotatable bonds is 5. The van der Waals surface area contributed by atoms with Crippen LogP contribution in [0.25, 0.3) is 0 Å². The molecular formula is C17H23ClN2O5S. The number of likely N-dealkylation sites (tertiary alicyclic amines) is 1. The van der Waals surface area contributed by atoms with Crippen LogP contribution in [0.5, 0.6) is 0 Å². The first-order valence-corrected chi connectivity index (χ1v) is 10.2. The zero-order chi connectivity index (χ0) is 19.5. The number of carbonyl (C=O) groups excluding carboxylic acids is 2. The van der Waals surface area contributed by atoms with E-state index in [-0.39, 0.29) is 28.0 Å². The van der Waals surface area contributed by atoms with Crippen LogP contribution >= 0.6 is 11.6 Å². The second-order valence-corrected chi connectivity index (χ2v) is 8.94. The maximum Gasteiger partial charge on any atom is 0.338 e. The molecule has 0 spiro atoms. The maximum atomic E-state index is 12.3. The lowest BCUT2D eigenvalue weighted by Crippen LogP contribution is -2.44. The van der Waals surface area contributed by atoms with Gasteiger partial charge in [0.1, 0.15) is 4.90 Å². The van der Waals surface area contributed by atoms with Crippen molar-refractivity contribution in [3.05, 3.63) is 28.8 Å². The van der Waals surface area contributed by atoms with E-state index < -0.39 is 16.0 Å². The highest BCUT2D eigenvalue weighted by molar-refractivity contribution is 7.89. The Balaban J connectivity index is 2.04. The van der Waals surface area contributed by atoms with Gasteiger partial charge in [-0.3, -0.25) is 4.79 Å². The number of nitrogens with one attached hydrogen (secondary N) is 1. The van der Waals surface area contributed by atoms with Gasteiger partial charge in [0.05, 0.1) is 10.6 Å². The minimum Gasteiger partial charge on any atom is -0.452 e. The van der Waals surface area contributed by atoms with E-state index in [1.807, 2.05) is 0 Å². The van der Waals surface area contributed by atoms with Crippen molar-refractivity contribution < 1.29 is 22.7 Å². The van der Waals surface area contributed by atoms with Crippen molar-refractivity contribution >= 4 is 33.5 Å². The molecule has 1 amide bonds. The van der Waals surface area contributed by atoms with E-state index in [1.165, 1.54) is 19.2 Å². The molecule has 1 saturated heterocycles. The number of nitrogens with zero attached hydrogens (tertiary/aromatic N) is 1. The van der Waals surface area contributed by atoms with Gasteiger partial charge in [-0.1, -0.05) is 25.4 Å². The normalized spacial score (nSPS) is 20.7. The number of amides is 1. The number of piperidine rings is 1. The predicted octanol–water partition coefficient (Wildman–Crippen LogP) is 1.91. The molecule has 1 aromatic carbocycles. The number of esters is 1. The molecule has 0 saturated carbocycles. The van der Waals surface area contributed by atoms with Gasteiger partial charge in [-0.05, 0) is 43.5 Å². The molecule has 1 aliphatic rings. The Morgan fingerprint density at radius 3 is 2.46 bits per heavy atom. The summed E-state index contributed by atoms with van der Waals surface area (Å²) in [5.74, 6) is -0.220. The van der Waals surface area contributed by atoms with E-state index in [9.17, 15) is 18.0 Å². The summed E-state index contributed by atoms with van der Waals surface area (Å²) in [4.78, 5) is 25.9. The van der Waals surface area contributed by atoms with Crippen molar-refractivity contribution in [1.82, 2.24) is 9.62 Å². The van der Waals surface area contributed by atoms with Gasteiger partial charge in [0, 0.05) is 13.1 Å². The fourth-order valence-electron chi connectivity index (χ4n) is 3.11. The minimum atomic E-state index is -3.81. The summed E-state index contributed by atoms with van der Waals surface area (Å²) in [5, 5.41) is -0.0109. The van der Waals surface area contributed by atoms with Gasteiger partial charge in [0.25, 0.3) is 5.91 Å². The molecule has 0 radical (unpaired) electrons. The monoisotopic (exact) mass is 402 g/mol. The standard InChI is InChI=1S/C17H23ClN2O5S/c1-11-6-12(2)9-20(8-11)16(21)10-25-17(22)13-4-5-14(18)15(7-13)26(23,24)19-3/h4-5,7,11-12,19H,6,8-10H2,1-3H3/t11-,12-/m1/s1. The average molecular weight is 403 g/mol. The number of halogens is 1. The molecule has 1 N–H and O–H groups in total. The van der Waals surface area contributed by atoms with E-state index in [0.717, 1.165) is 12.5 Å². The quantitative estimate of drug-likeness (QED) is 0.759. The lowest BCUT2D eigenvalue weighted by atomic mass is 9.92. The summed E-state index contributed by atoms with van der Waals surface area (Å²) in [6.45, 7) is 5.08. The highest BCUT2D eigenvalue weighted by Gasteiger charge is 2.26. The smallest absolute Gasteiger partial charge is 0.338 e. The lowest BCUT2D eigenvalue weighted by Gasteiger charge is -2.34. The lowest BCUT2D eigenvalue weighted by molar-refractivity contribution is -0.137. The molecular weight excluding hydrogens is 380 g/mol. The Kier molecular flexibility index (Phi) is 6.65. The fraction of sp³-hybridized carbons (Fsp3) is 0.529. The third kappa shape index (κ3) is 4.96. The predicted molar refractivity (Wildman–Crippen MR) is 97.5 cm³/mol. The molecule has 1 aliphatic heterocycles. The first-order chi connectivity index (χ1) is 12.1. The summed E-state index contributed by atoms with van der Waals surface area (Å²) in [5.41, 5.74) is 0.0106. The minimum absolute atomic E-state index is 0.0106. The molecule has 1 fully saturated rings. The second-order valence-electron chi connectivity index (χ2n) is 6.67. The molecule has 144 valence electrons. The highest BCUT2D eigenvalue weighted by atomic mass is 35.5. The van der Waals surface area contributed by atoms with Crippen LogP contribution in [0.4, 0.5) is 0 Å². The van der Waals surface area contributed by atoms with E-state index >= 15 is 0 Å². The summed E-state index contributed by atoms with van der Waals surface area (Å²) >= 11 is 5.89. The SMILES string of the molecule is CNS(=O)(=O)c1cc(C(=O)OCC(=O)N2C[C@H](C)C[C@@H](C)C2)ccc1Cl. The van der Waals surface area contributed by atoms with Gasteiger partial charge in [-0.15, -0.1) is 0 Å². The van der Waals surface area contributed by atoms with E-state index in [0.29, 0.717) is 24.9 Å². The Hall–Kier alpha value is -1.64. The third-order valence-corrected chi connectivity index (χ3v) is 6.17. The van der Waals surface area contributed by atoms with Crippen molar-refractivity contribution in [1.29, 1.82) is 0 Å². The molecule has 9 heteroatoms. The van der Waals surface area contributed by atoms with E-state index in [2.05, 4.69) is 18.6 Å². The fourth-order valence-corrected chi connectivity index (χ4v) is 4.36. The van der Waals surface area contributed by atoms with Crippen LogP contribution in [0, 0.1) is 11.8 Å². The van der Waals surface area contributed by atoms with E-state index in [4.69, 9.17) is 16.3 Å². The zero-order valence-electron chi connectivity index (χ0n) is 15.0. The summed E-state index contributed by atoms with van der Waals surface area (Å²) < 4.78 is 31.1. The maximum absolute atomic E-state index is 12.3. The van der Waals surface area contributed by atoms with Crippen LogP contribution in [0.15, 0.2) is 23.1 Å². The number of benzene rings is 1. The first-order valence-electron chi connectivity index (χ1n) is 8.32. The number of sulfonamides is 1. The number of hydrogen-bond acceptors (Lipinski definition) is 5. The number of ether oxygens (including phenoxy) is 1. The first kappa shape index (κ1) is 20.7. The molecule has 26 heavy (non-hydrogen) atoms. The summed E-state index contributed by atoms with van der Waals surface area (Å²) in [7, 11) is -2.56. The highest BCUT2D eigenvalue weighted by Crippen LogP contribution is 2.23. The zero-order valence-corrected chi connectivity index (χ0v) is 16.6. The van der Waals surface area contributed by atoms with Gasteiger partial charge in [0.2, 0.25) is 10.0 Å². The van der Waals surface area contributed by atoms with Crippen LogP contribution in [-0.4, -0.2) is 51.9 Å². The molecule has 1 aromatic rings. The number of carbonyl (C=O) groups is 2. The Bertz CT molecular complexity index is 786. The second kappa shape index (κ2) is 8.37. The van der Waals surface area contributed by atoms with Crippen LogP contribution in [0.1, 0.15) is 30.6 Å². The Morgan fingerprint density at radius 1 is 1.27 bits per heavy atom. The average Bonchev–Trinajstić information content (AvgIpc) is 2.58. The van der Waals surface area contributed by atoms with Gasteiger partial charge in [-0.2, -0.15) is 0 Å². The van der Waals surface area contributed by atoms with Crippen molar-refractivity contribution in [2.75, 3.05) is 26.7 Å². The molecule has 0 bridgehead atoms. The third-order valence-electron chi connectivity index (χ3n) is 4.27. The molecule has 1 heterocycles. The van der Waals surface area contributed by atoms with Crippen LogP contribution < -0.4 is 4.72 Å². The number of hydrogen-bond donors (Lipinski definition) is 1. The molecule has 2 rings (SSSR count). The Morgan fingerprint density at radius 2 is 1.88 bits per heavy atom. The van der Waals surface area contributed by atoms with Gasteiger partial charge < -0.3 is 9.64 Å². The topological polar surface area (TPSA) is 92.8 Å². The van der Waals surface area contributed by atoms with Crippen LogP contribution in [0.2, 0.25) is 5.02 Å². The van der Waals surface area contributed by atoms with Crippen molar-refractivity contribution in [2.24, 2.45) is 11.8 Å². The molecule has 2 atom stereocenters. The van der Waals surface area contributed by atoms with Gasteiger partial charge in [-0.25, -0.2) is 17.9 Å². The molecule has 0 aliphatic carbocycles.